The fourth-order valence-corrected chi connectivity index (χ4v) is 10.0. The van der Waals surface area contributed by atoms with Gasteiger partial charge in [-0.25, -0.2) is 14.8 Å². The molecular formula is C42H56N4O4S. The van der Waals surface area contributed by atoms with E-state index in [1.165, 1.54) is 11.1 Å². The second-order valence-corrected chi connectivity index (χ2v) is 18.1. The number of thiazole rings is 1. The number of ether oxygens (including phenoxy) is 2. The Bertz CT molecular complexity index is 1710. The first-order valence-electron chi connectivity index (χ1n) is 19.3. The quantitative estimate of drug-likeness (QED) is 0.220. The third-order valence-electron chi connectivity index (χ3n) is 12.7. The molecule has 8 nitrogen and oxygen atoms in total. The average Bonchev–Trinajstić information content (AvgIpc) is 3.63. The van der Waals surface area contributed by atoms with Gasteiger partial charge in [0.05, 0.1) is 17.0 Å². The van der Waals surface area contributed by atoms with Crippen molar-refractivity contribution in [2.45, 2.75) is 122 Å². The highest BCUT2D eigenvalue weighted by Gasteiger charge is 2.51. The summed E-state index contributed by atoms with van der Waals surface area (Å²) in [6.45, 7) is 13.2. The number of carbonyl (C=O) groups is 2. The van der Waals surface area contributed by atoms with Gasteiger partial charge in [-0.2, -0.15) is 0 Å². The zero-order chi connectivity index (χ0) is 36.0. The van der Waals surface area contributed by atoms with Crippen molar-refractivity contribution in [2.75, 3.05) is 31.6 Å². The minimum atomic E-state index is -0.190. The first-order chi connectivity index (χ1) is 24.4. The van der Waals surface area contributed by atoms with E-state index in [1.54, 1.807) is 18.4 Å². The molecule has 1 saturated heterocycles. The van der Waals surface area contributed by atoms with E-state index in [-0.39, 0.29) is 40.3 Å². The highest BCUT2D eigenvalue weighted by molar-refractivity contribution is 7.15. The number of methoxy groups -OCH3 is 1. The number of pyridine rings is 1. The molecular weight excluding hydrogens is 657 g/mol. The van der Waals surface area contributed by atoms with Gasteiger partial charge in [-0.3, -0.25) is 9.69 Å². The smallest absolute Gasteiger partial charge is 0.410 e. The summed E-state index contributed by atoms with van der Waals surface area (Å²) in [6.07, 6.45) is 14.2. The molecule has 3 heterocycles. The maximum absolute atomic E-state index is 14.7. The molecule has 3 aromatic rings. The Balaban J connectivity index is 1.09. The third kappa shape index (κ3) is 7.29. The maximum atomic E-state index is 14.7. The van der Waals surface area contributed by atoms with Crippen LogP contribution < -0.4 is 9.64 Å². The van der Waals surface area contributed by atoms with E-state index in [9.17, 15) is 9.59 Å². The van der Waals surface area contributed by atoms with Crippen LogP contribution in [0.15, 0.2) is 42.7 Å². The largest absolute Gasteiger partial charge is 0.496 e. The number of aryl methyl sites for hydroxylation is 1. The van der Waals surface area contributed by atoms with Gasteiger partial charge in [-0.15, -0.1) is 11.3 Å². The van der Waals surface area contributed by atoms with Crippen molar-refractivity contribution in [3.8, 4) is 16.2 Å². The normalized spacial score (nSPS) is 26.4. The monoisotopic (exact) mass is 712 g/mol. The molecule has 0 spiro atoms. The van der Waals surface area contributed by atoms with E-state index in [0.29, 0.717) is 12.5 Å². The SMILES string of the molecule is CCC1CN(C(=O)O[C@H]2CC[C@H](C(=O)N(CC34CCC(c5ccc(OC)c(C)c5)(CC3)CC4)c3cc(-c4cnc(C(C)(C)C)s4)ccn3)CC2)C1. The van der Waals surface area contributed by atoms with Gasteiger partial charge in [-0.05, 0) is 129 Å². The Hall–Kier alpha value is -3.46. The van der Waals surface area contributed by atoms with E-state index in [2.05, 4.69) is 58.9 Å². The molecule has 2 aromatic heterocycles. The lowest BCUT2D eigenvalue weighted by Gasteiger charge is -2.55. The molecule has 9 heteroatoms. The molecule has 274 valence electrons. The summed E-state index contributed by atoms with van der Waals surface area (Å²) in [7, 11) is 1.74. The molecule has 51 heavy (non-hydrogen) atoms. The number of benzene rings is 1. The molecule has 4 saturated carbocycles. The number of rotatable bonds is 9. The second kappa shape index (κ2) is 14.2. The van der Waals surface area contributed by atoms with Gasteiger partial charge in [0.25, 0.3) is 0 Å². The molecule has 2 amide bonds. The predicted molar refractivity (Wildman–Crippen MR) is 204 cm³/mol. The molecule has 0 atom stereocenters. The lowest BCUT2D eigenvalue weighted by Crippen LogP contribution is -2.52. The number of fused-ring (bicyclic) bond motifs is 3. The van der Waals surface area contributed by atoms with Gasteiger partial charge in [0.15, 0.2) is 0 Å². The molecule has 1 aliphatic heterocycles. The minimum Gasteiger partial charge on any atom is -0.496 e. The van der Waals surface area contributed by atoms with Crippen LogP contribution in [0.5, 0.6) is 5.75 Å². The number of nitrogens with zero attached hydrogens (tertiary/aromatic N) is 4. The molecule has 0 radical (unpaired) electrons. The number of aromatic nitrogens is 2. The van der Waals surface area contributed by atoms with Crippen molar-refractivity contribution >= 4 is 29.2 Å². The first-order valence-corrected chi connectivity index (χ1v) is 20.1. The summed E-state index contributed by atoms with van der Waals surface area (Å²) in [5.41, 5.74) is 3.93. The summed E-state index contributed by atoms with van der Waals surface area (Å²) in [5.74, 6) is 2.33. The number of amides is 2. The fraction of sp³-hybridized carbons (Fsp3) is 0.619. The van der Waals surface area contributed by atoms with Crippen molar-refractivity contribution < 1.29 is 19.1 Å². The molecule has 4 aliphatic carbocycles. The topological polar surface area (TPSA) is 84.9 Å². The zero-order valence-corrected chi connectivity index (χ0v) is 32.3. The van der Waals surface area contributed by atoms with Crippen LogP contribution in [-0.4, -0.2) is 59.7 Å². The Labute approximate surface area is 308 Å². The highest BCUT2D eigenvalue weighted by atomic mass is 32.1. The zero-order valence-electron chi connectivity index (χ0n) is 31.5. The summed E-state index contributed by atoms with van der Waals surface area (Å²) in [6, 6.07) is 10.9. The van der Waals surface area contributed by atoms with Gasteiger partial charge in [0.2, 0.25) is 5.91 Å². The Morgan fingerprint density at radius 3 is 2.29 bits per heavy atom. The third-order valence-corrected chi connectivity index (χ3v) is 14.2. The summed E-state index contributed by atoms with van der Waals surface area (Å²) in [5, 5.41) is 1.10. The van der Waals surface area contributed by atoms with Crippen LogP contribution in [0.3, 0.4) is 0 Å². The number of hydrogen-bond donors (Lipinski definition) is 0. The first kappa shape index (κ1) is 35.9. The van der Waals surface area contributed by atoms with Crippen molar-refractivity contribution in [1.29, 1.82) is 0 Å². The van der Waals surface area contributed by atoms with Crippen molar-refractivity contribution in [3.05, 3.63) is 58.9 Å². The average molecular weight is 713 g/mol. The highest BCUT2D eigenvalue weighted by Crippen LogP contribution is 2.58. The van der Waals surface area contributed by atoms with Crippen molar-refractivity contribution in [3.63, 3.8) is 0 Å². The molecule has 0 N–H and O–H groups in total. The van der Waals surface area contributed by atoms with E-state index in [0.717, 1.165) is 111 Å². The minimum absolute atomic E-state index is 0.0258. The maximum Gasteiger partial charge on any atom is 0.410 e. The summed E-state index contributed by atoms with van der Waals surface area (Å²) >= 11 is 1.72. The Morgan fingerprint density at radius 1 is 0.980 bits per heavy atom. The van der Waals surface area contributed by atoms with Gasteiger partial charge >= 0.3 is 6.09 Å². The molecule has 2 bridgehead atoms. The Morgan fingerprint density at radius 2 is 1.69 bits per heavy atom. The van der Waals surface area contributed by atoms with Crippen LogP contribution >= 0.6 is 11.3 Å². The number of hydrogen-bond acceptors (Lipinski definition) is 7. The molecule has 1 aromatic carbocycles. The van der Waals surface area contributed by atoms with Gasteiger partial charge in [0, 0.05) is 43.4 Å². The lowest BCUT2D eigenvalue weighted by molar-refractivity contribution is -0.124. The van der Waals surface area contributed by atoms with E-state index in [4.69, 9.17) is 19.4 Å². The van der Waals surface area contributed by atoms with Gasteiger partial charge in [0.1, 0.15) is 17.7 Å². The molecule has 5 fully saturated rings. The lowest BCUT2D eigenvalue weighted by atomic mass is 9.51. The van der Waals surface area contributed by atoms with Crippen LogP contribution in [0.1, 0.15) is 114 Å². The van der Waals surface area contributed by atoms with E-state index in [1.807, 2.05) is 28.3 Å². The number of anilines is 1. The van der Waals surface area contributed by atoms with Crippen molar-refractivity contribution in [2.24, 2.45) is 17.3 Å². The number of likely N-dealkylation sites (tertiary alicyclic amines) is 1. The summed E-state index contributed by atoms with van der Waals surface area (Å²) in [4.78, 5) is 42.0. The standard InChI is InChI=1S/C42H56N4O4S/c1-7-29-25-45(26-29)39(48)50-33-11-8-30(9-12-33)37(47)46(36-23-31(14-21-43-36)35-24-44-38(51-35)40(3,4)5)27-41-15-18-42(19-16-41,20-17-41)32-10-13-34(49-6)28(2)22-32/h10,13-14,21-24,29-30,33H,7-9,11-12,15-20,25-27H2,1-6H3/t30-,33-,41?,42?. The molecule has 0 unspecified atom stereocenters. The van der Waals surface area contributed by atoms with Crippen LogP contribution in [0.4, 0.5) is 10.6 Å². The van der Waals surface area contributed by atoms with Crippen molar-refractivity contribution in [1.82, 2.24) is 14.9 Å². The van der Waals surface area contributed by atoms with Crippen LogP contribution in [0, 0.1) is 24.2 Å². The fourth-order valence-electron chi connectivity index (χ4n) is 9.06. The van der Waals surface area contributed by atoms with Gasteiger partial charge < -0.3 is 14.4 Å². The second-order valence-electron chi connectivity index (χ2n) is 17.1. The number of carbonyl (C=O) groups excluding carboxylic acids is 2. The summed E-state index contributed by atoms with van der Waals surface area (Å²) < 4.78 is 11.5. The van der Waals surface area contributed by atoms with E-state index < -0.39 is 0 Å². The Kier molecular flexibility index (Phi) is 9.98. The van der Waals surface area contributed by atoms with E-state index >= 15 is 0 Å². The molecule has 5 aliphatic rings. The van der Waals surface area contributed by atoms with Crippen LogP contribution in [0.25, 0.3) is 10.4 Å². The van der Waals surface area contributed by atoms with Gasteiger partial charge in [-0.1, -0.05) is 39.8 Å². The predicted octanol–water partition coefficient (Wildman–Crippen LogP) is 9.48. The molecule has 8 rings (SSSR count). The van der Waals surface area contributed by atoms with Crippen LogP contribution in [-0.2, 0) is 20.4 Å². The van der Waals surface area contributed by atoms with Crippen LogP contribution in [0.2, 0.25) is 0 Å².